The van der Waals surface area contributed by atoms with Gasteiger partial charge in [0.25, 0.3) is 0 Å². The first-order chi connectivity index (χ1) is 12.2. The molecule has 142 valence electrons. The summed E-state index contributed by atoms with van der Waals surface area (Å²) in [6.45, 7) is 3.16. The van der Waals surface area contributed by atoms with Crippen LogP contribution in [0.2, 0.25) is 0 Å². The van der Waals surface area contributed by atoms with Crippen LogP contribution in [0.25, 0.3) is 0 Å². The first-order valence-corrected chi connectivity index (χ1v) is 12.2. The van der Waals surface area contributed by atoms with Gasteiger partial charge < -0.3 is 20.0 Å². The van der Waals surface area contributed by atoms with Crippen LogP contribution in [0.1, 0.15) is 11.1 Å². The smallest absolute Gasteiger partial charge is 0.133 e. The van der Waals surface area contributed by atoms with E-state index in [2.05, 4.69) is 114 Å². The molecule has 0 fully saturated rings. The fraction of sp³-hybridized carbons (Fsp3) is 0.333. The standard InChI is InChI=1S/C18H20I4N2O2/c1-23(9-11-5-13(19)7-15(21)17(11)25)3-4-24(2)10-12-6-14(20)8-16(22)18(12)26/h5-8,25-26H,3-4,9-10H2,1-2H3. The monoisotopic (exact) mass is 804 g/mol. The number of hydrogen-bond donors (Lipinski definition) is 2. The molecule has 2 rings (SSSR count). The van der Waals surface area contributed by atoms with Crippen molar-refractivity contribution in [1.82, 2.24) is 9.80 Å². The number of nitrogens with zero attached hydrogens (tertiary/aromatic N) is 2. The first kappa shape index (κ1) is 23.2. The Morgan fingerprint density at radius 2 is 1.04 bits per heavy atom. The van der Waals surface area contributed by atoms with Gasteiger partial charge >= 0.3 is 0 Å². The van der Waals surface area contributed by atoms with Gasteiger partial charge in [-0.25, -0.2) is 0 Å². The summed E-state index contributed by atoms with van der Waals surface area (Å²) in [5.74, 6) is 0.758. The number of hydrogen-bond acceptors (Lipinski definition) is 4. The van der Waals surface area contributed by atoms with Gasteiger partial charge in [0.1, 0.15) is 11.5 Å². The molecule has 4 nitrogen and oxygen atoms in total. The largest absolute Gasteiger partial charge is 0.507 e. The van der Waals surface area contributed by atoms with E-state index < -0.39 is 0 Å². The second kappa shape index (κ2) is 10.6. The average molecular weight is 804 g/mol. The Bertz CT molecular complexity index is 721. The molecule has 0 radical (unpaired) electrons. The van der Waals surface area contributed by atoms with Crippen molar-refractivity contribution in [2.24, 2.45) is 0 Å². The Hall–Kier alpha value is 0.880. The molecular formula is C18H20I4N2O2. The maximum absolute atomic E-state index is 10.2. The predicted molar refractivity (Wildman–Crippen MR) is 140 cm³/mol. The summed E-state index contributed by atoms with van der Waals surface area (Å²) in [7, 11) is 4.12. The van der Waals surface area contributed by atoms with Crippen LogP contribution < -0.4 is 0 Å². The Labute approximate surface area is 209 Å². The summed E-state index contributed by atoms with van der Waals surface area (Å²) < 4.78 is 4.04. The van der Waals surface area contributed by atoms with Gasteiger partial charge in [-0.15, -0.1) is 0 Å². The van der Waals surface area contributed by atoms with E-state index >= 15 is 0 Å². The molecule has 0 aromatic heterocycles. The maximum atomic E-state index is 10.2. The van der Waals surface area contributed by atoms with Crippen molar-refractivity contribution in [3.8, 4) is 11.5 Å². The minimum Gasteiger partial charge on any atom is -0.507 e. The van der Waals surface area contributed by atoms with Crippen LogP contribution in [0.3, 0.4) is 0 Å². The van der Waals surface area contributed by atoms with Gasteiger partial charge in [-0.3, -0.25) is 0 Å². The summed E-state index contributed by atoms with van der Waals surface area (Å²) in [5.41, 5.74) is 1.91. The molecule has 2 N–H and O–H groups in total. The SMILES string of the molecule is CN(CCN(C)Cc1cc(I)cc(I)c1O)Cc1cc(I)cc(I)c1O. The predicted octanol–water partition coefficient (Wildman–Crippen LogP) is 5.08. The third-order valence-electron chi connectivity index (χ3n) is 3.96. The third-order valence-corrected chi connectivity index (χ3v) is 6.85. The molecule has 2 aromatic carbocycles. The van der Waals surface area contributed by atoms with E-state index in [9.17, 15) is 10.2 Å². The minimum atomic E-state index is 0.379. The Kier molecular flexibility index (Phi) is 9.44. The van der Waals surface area contributed by atoms with E-state index in [1.165, 1.54) is 0 Å². The van der Waals surface area contributed by atoms with Gasteiger partial charge in [-0.1, -0.05) is 0 Å². The van der Waals surface area contributed by atoms with E-state index in [0.29, 0.717) is 24.6 Å². The van der Waals surface area contributed by atoms with Gasteiger partial charge in [-0.05, 0) is 129 Å². The van der Waals surface area contributed by atoms with E-state index in [0.717, 1.165) is 38.5 Å². The lowest BCUT2D eigenvalue weighted by Crippen LogP contribution is -2.30. The summed E-state index contributed by atoms with van der Waals surface area (Å²) in [6, 6.07) is 8.01. The Morgan fingerprint density at radius 3 is 1.38 bits per heavy atom. The number of phenolic OH excluding ortho intramolecular Hbond substituents is 2. The molecule has 0 unspecified atom stereocenters. The lowest BCUT2D eigenvalue weighted by Gasteiger charge is -2.23. The average Bonchev–Trinajstić information content (AvgIpc) is 2.55. The van der Waals surface area contributed by atoms with Crippen LogP contribution in [0, 0.1) is 14.3 Å². The number of phenols is 2. The molecule has 0 aliphatic rings. The first-order valence-electron chi connectivity index (χ1n) is 7.88. The molecule has 26 heavy (non-hydrogen) atoms. The minimum absolute atomic E-state index is 0.379. The fourth-order valence-corrected chi connectivity index (χ4v) is 6.49. The Balaban J connectivity index is 1.92. The van der Waals surface area contributed by atoms with Crippen molar-refractivity contribution in [2.75, 3.05) is 27.2 Å². The van der Waals surface area contributed by atoms with E-state index in [4.69, 9.17) is 0 Å². The van der Waals surface area contributed by atoms with Crippen LogP contribution in [0.15, 0.2) is 24.3 Å². The number of rotatable bonds is 7. The zero-order valence-corrected chi connectivity index (χ0v) is 23.1. The summed E-state index contributed by atoms with van der Waals surface area (Å²) in [4.78, 5) is 4.41. The molecule has 0 bridgehead atoms. The highest BCUT2D eigenvalue weighted by molar-refractivity contribution is 14.1. The highest BCUT2D eigenvalue weighted by Gasteiger charge is 2.12. The van der Waals surface area contributed by atoms with Crippen molar-refractivity contribution in [1.29, 1.82) is 0 Å². The molecule has 0 atom stereocenters. The van der Waals surface area contributed by atoms with Gasteiger partial charge in [0.2, 0.25) is 0 Å². The summed E-state index contributed by atoms with van der Waals surface area (Å²) in [5, 5.41) is 20.5. The van der Waals surface area contributed by atoms with Gasteiger partial charge in [0, 0.05) is 44.4 Å². The number of aromatic hydroxyl groups is 2. The van der Waals surface area contributed by atoms with Crippen LogP contribution in [-0.2, 0) is 13.1 Å². The molecule has 0 saturated carbocycles. The second-order valence-corrected chi connectivity index (χ2v) is 11.1. The number of likely N-dealkylation sites (N-methyl/N-ethyl adjacent to an activating group) is 2. The second-order valence-electron chi connectivity index (χ2n) is 6.27. The molecule has 0 amide bonds. The van der Waals surface area contributed by atoms with Crippen molar-refractivity contribution in [3.05, 3.63) is 49.7 Å². The maximum Gasteiger partial charge on any atom is 0.133 e. The zero-order valence-electron chi connectivity index (χ0n) is 14.4. The summed E-state index contributed by atoms with van der Waals surface area (Å²) >= 11 is 8.90. The molecule has 8 heteroatoms. The number of halogens is 4. The van der Waals surface area contributed by atoms with Crippen LogP contribution in [-0.4, -0.2) is 47.2 Å². The zero-order chi connectivity index (χ0) is 19.4. The lowest BCUT2D eigenvalue weighted by molar-refractivity contribution is 0.243. The van der Waals surface area contributed by atoms with E-state index in [-0.39, 0.29) is 0 Å². The fourth-order valence-electron chi connectivity index (χ4n) is 2.56. The van der Waals surface area contributed by atoms with Crippen molar-refractivity contribution in [2.45, 2.75) is 13.1 Å². The van der Waals surface area contributed by atoms with Gasteiger partial charge in [0.05, 0.1) is 7.14 Å². The van der Waals surface area contributed by atoms with Gasteiger partial charge in [-0.2, -0.15) is 0 Å². The quantitative estimate of drug-likeness (QED) is 0.384. The molecular weight excluding hydrogens is 784 g/mol. The highest BCUT2D eigenvalue weighted by atomic mass is 127. The molecule has 0 aliphatic carbocycles. The normalized spacial score (nSPS) is 11.5. The van der Waals surface area contributed by atoms with Crippen molar-refractivity contribution < 1.29 is 10.2 Å². The molecule has 0 aliphatic heterocycles. The van der Waals surface area contributed by atoms with Crippen LogP contribution >= 0.6 is 90.4 Å². The van der Waals surface area contributed by atoms with E-state index in [1.54, 1.807) is 0 Å². The molecule has 0 spiro atoms. The van der Waals surface area contributed by atoms with Gasteiger partial charge in [0.15, 0.2) is 0 Å². The van der Waals surface area contributed by atoms with Crippen LogP contribution in [0.5, 0.6) is 11.5 Å². The lowest BCUT2D eigenvalue weighted by atomic mass is 10.2. The topological polar surface area (TPSA) is 46.9 Å². The summed E-state index contributed by atoms with van der Waals surface area (Å²) in [6.07, 6.45) is 0. The molecule has 0 saturated heterocycles. The Morgan fingerprint density at radius 1 is 0.692 bits per heavy atom. The van der Waals surface area contributed by atoms with Crippen molar-refractivity contribution in [3.63, 3.8) is 0 Å². The third kappa shape index (κ3) is 6.74. The highest BCUT2D eigenvalue weighted by Crippen LogP contribution is 2.29. The number of benzene rings is 2. The molecule has 2 aromatic rings. The molecule has 0 heterocycles. The van der Waals surface area contributed by atoms with E-state index in [1.807, 2.05) is 24.3 Å². The van der Waals surface area contributed by atoms with Crippen LogP contribution in [0.4, 0.5) is 0 Å². The van der Waals surface area contributed by atoms with Crippen molar-refractivity contribution >= 4 is 90.4 Å².